The standard InChI is InChI=1S/C14H19FN2/c1-9-13(14(2,3)16-4)11-8-10(15)6-7-12(11)17(9)5/h6-8,16H,1-5H3. The molecule has 0 aliphatic heterocycles. The van der Waals surface area contributed by atoms with Gasteiger partial charge in [0.2, 0.25) is 0 Å². The van der Waals surface area contributed by atoms with Gasteiger partial charge in [-0.3, -0.25) is 0 Å². The highest BCUT2D eigenvalue weighted by molar-refractivity contribution is 5.86. The van der Waals surface area contributed by atoms with Crippen LogP contribution < -0.4 is 5.32 Å². The first-order valence-corrected chi connectivity index (χ1v) is 5.82. The van der Waals surface area contributed by atoms with Crippen molar-refractivity contribution in [1.82, 2.24) is 9.88 Å². The SMILES string of the molecule is CNC(C)(C)c1c(C)n(C)c2ccc(F)cc12. The number of halogens is 1. The van der Waals surface area contributed by atoms with E-state index in [2.05, 4.69) is 30.7 Å². The summed E-state index contributed by atoms with van der Waals surface area (Å²) < 4.78 is 15.5. The summed E-state index contributed by atoms with van der Waals surface area (Å²) in [5.41, 5.74) is 3.24. The monoisotopic (exact) mass is 234 g/mol. The highest BCUT2D eigenvalue weighted by Crippen LogP contribution is 2.33. The molecule has 0 saturated heterocycles. The molecular formula is C14H19FN2. The zero-order chi connectivity index (χ0) is 12.8. The zero-order valence-electron chi connectivity index (χ0n) is 11.1. The molecule has 0 saturated carbocycles. The maximum Gasteiger partial charge on any atom is 0.123 e. The molecule has 1 aromatic heterocycles. The van der Waals surface area contributed by atoms with Crippen molar-refractivity contribution in [3.05, 3.63) is 35.3 Å². The van der Waals surface area contributed by atoms with Crippen LogP contribution in [0.25, 0.3) is 10.9 Å². The van der Waals surface area contributed by atoms with Crippen LogP contribution >= 0.6 is 0 Å². The molecule has 2 nitrogen and oxygen atoms in total. The smallest absolute Gasteiger partial charge is 0.123 e. The lowest BCUT2D eigenvalue weighted by molar-refractivity contribution is 0.444. The van der Waals surface area contributed by atoms with Crippen molar-refractivity contribution in [2.24, 2.45) is 7.05 Å². The van der Waals surface area contributed by atoms with Crippen molar-refractivity contribution < 1.29 is 4.39 Å². The Labute approximate surface area is 101 Å². The molecular weight excluding hydrogens is 215 g/mol. The van der Waals surface area contributed by atoms with Gasteiger partial charge in [-0.25, -0.2) is 4.39 Å². The fourth-order valence-corrected chi connectivity index (χ4v) is 2.46. The number of fused-ring (bicyclic) bond motifs is 1. The Morgan fingerprint density at radius 2 is 1.94 bits per heavy atom. The van der Waals surface area contributed by atoms with Crippen LogP contribution in [0.1, 0.15) is 25.1 Å². The van der Waals surface area contributed by atoms with Gasteiger partial charge in [0.05, 0.1) is 0 Å². The number of nitrogens with one attached hydrogen (secondary N) is 1. The lowest BCUT2D eigenvalue weighted by Gasteiger charge is -2.25. The molecule has 0 radical (unpaired) electrons. The van der Waals surface area contributed by atoms with E-state index in [0.29, 0.717) is 0 Å². The first-order valence-electron chi connectivity index (χ1n) is 5.82. The van der Waals surface area contributed by atoms with Gasteiger partial charge < -0.3 is 9.88 Å². The highest BCUT2D eigenvalue weighted by atomic mass is 19.1. The van der Waals surface area contributed by atoms with Crippen LogP contribution in [0.4, 0.5) is 4.39 Å². The van der Waals surface area contributed by atoms with Crippen molar-refractivity contribution in [3.8, 4) is 0 Å². The summed E-state index contributed by atoms with van der Waals surface area (Å²) in [5.74, 6) is -0.184. The Hall–Kier alpha value is -1.35. The maximum absolute atomic E-state index is 13.4. The van der Waals surface area contributed by atoms with E-state index in [1.807, 2.05) is 20.2 Å². The zero-order valence-corrected chi connectivity index (χ0v) is 11.1. The molecule has 1 aromatic carbocycles. The van der Waals surface area contributed by atoms with Gasteiger partial charge in [-0.15, -0.1) is 0 Å². The number of rotatable bonds is 2. The molecule has 0 aliphatic rings. The molecule has 2 rings (SSSR count). The minimum Gasteiger partial charge on any atom is -0.348 e. The Morgan fingerprint density at radius 1 is 1.29 bits per heavy atom. The Bertz CT molecular complexity index is 567. The number of nitrogens with zero attached hydrogens (tertiary/aromatic N) is 1. The topological polar surface area (TPSA) is 17.0 Å². The van der Waals surface area contributed by atoms with E-state index >= 15 is 0 Å². The first kappa shape index (κ1) is 12.1. The lowest BCUT2D eigenvalue weighted by atomic mass is 9.92. The molecule has 0 aliphatic carbocycles. The molecule has 0 unspecified atom stereocenters. The number of benzene rings is 1. The molecule has 17 heavy (non-hydrogen) atoms. The average molecular weight is 234 g/mol. The van der Waals surface area contributed by atoms with E-state index in [9.17, 15) is 4.39 Å². The Morgan fingerprint density at radius 3 is 2.53 bits per heavy atom. The van der Waals surface area contributed by atoms with Crippen LogP contribution in [-0.4, -0.2) is 11.6 Å². The summed E-state index contributed by atoms with van der Waals surface area (Å²) in [4.78, 5) is 0. The van der Waals surface area contributed by atoms with Gasteiger partial charge in [0.15, 0.2) is 0 Å². The van der Waals surface area contributed by atoms with Crippen molar-refractivity contribution in [2.45, 2.75) is 26.3 Å². The number of hydrogen-bond acceptors (Lipinski definition) is 1. The van der Waals surface area contributed by atoms with E-state index in [0.717, 1.165) is 16.5 Å². The average Bonchev–Trinajstić information content (AvgIpc) is 2.51. The van der Waals surface area contributed by atoms with Crippen LogP contribution in [0, 0.1) is 12.7 Å². The lowest BCUT2D eigenvalue weighted by Crippen LogP contribution is -2.33. The van der Waals surface area contributed by atoms with E-state index in [1.54, 1.807) is 6.07 Å². The van der Waals surface area contributed by atoms with Gasteiger partial charge in [0, 0.05) is 34.7 Å². The molecule has 0 spiro atoms. The minimum absolute atomic E-state index is 0.169. The van der Waals surface area contributed by atoms with Gasteiger partial charge in [0.25, 0.3) is 0 Å². The van der Waals surface area contributed by atoms with E-state index in [-0.39, 0.29) is 11.4 Å². The molecule has 0 amide bonds. The largest absolute Gasteiger partial charge is 0.348 e. The fraction of sp³-hybridized carbons (Fsp3) is 0.429. The molecule has 1 heterocycles. The van der Waals surface area contributed by atoms with E-state index < -0.39 is 0 Å². The van der Waals surface area contributed by atoms with Crippen LogP contribution in [0.15, 0.2) is 18.2 Å². The molecule has 3 heteroatoms. The summed E-state index contributed by atoms with van der Waals surface area (Å²) in [5, 5.41) is 4.28. The first-order chi connectivity index (χ1) is 7.88. The third-order valence-electron chi connectivity index (χ3n) is 3.70. The van der Waals surface area contributed by atoms with Crippen molar-refractivity contribution in [2.75, 3.05) is 7.05 Å². The number of aromatic nitrogens is 1. The van der Waals surface area contributed by atoms with Crippen molar-refractivity contribution in [3.63, 3.8) is 0 Å². The molecule has 1 N–H and O–H groups in total. The predicted octanol–water partition coefficient (Wildman–Crippen LogP) is 3.08. The molecule has 92 valence electrons. The second kappa shape index (κ2) is 3.84. The van der Waals surface area contributed by atoms with Crippen LogP contribution in [0.3, 0.4) is 0 Å². The van der Waals surface area contributed by atoms with Crippen LogP contribution in [0.5, 0.6) is 0 Å². The number of aryl methyl sites for hydroxylation is 1. The van der Waals surface area contributed by atoms with Gasteiger partial charge >= 0.3 is 0 Å². The van der Waals surface area contributed by atoms with E-state index in [4.69, 9.17) is 0 Å². The minimum atomic E-state index is -0.184. The number of hydrogen-bond donors (Lipinski definition) is 1. The second-order valence-corrected chi connectivity index (χ2v) is 5.06. The highest BCUT2D eigenvalue weighted by Gasteiger charge is 2.26. The fourth-order valence-electron chi connectivity index (χ4n) is 2.46. The molecule has 0 fully saturated rings. The van der Waals surface area contributed by atoms with Crippen molar-refractivity contribution in [1.29, 1.82) is 0 Å². The van der Waals surface area contributed by atoms with Gasteiger partial charge in [-0.2, -0.15) is 0 Å². The third kappa shape index (κ3) is 1.75. The summed E-state index contributed by atoms with van der Waals surface area (Å²) in [6.45, 7) is 6.30. The molecule has 0 bridgehead atoms. The normalized spacial score (nSPS) is 12.4. The third-order valence-corrected chi connectivity index (χ3v) is 3.70. The maximum atomic E-state index is 13.4. The van der Waals surface area contributed by atoms with Gasteiger partial charge in [0.1, 0.15) is 5.82 Å². The van der Waals surface area contributed by atoms with Gasteiger partial charge in [-0.1, -0.05) is 0 Å². The van der Waals surface area contributed by atoms with E-state index in [1.165, 1.54) is 11.8 Å². The second-order valence-electron chi connectivity index (χ2n) is 5.06. The van der Waals surface area contributed by atoms with Crippen LogP contribution in [-0.2, 0) is 12.6 Å². The Balaban J connectivity index is 2.87. The summed E-state index contributed by atoms with van der Waals surface area (Å²) in [6, 6.07) is 4.97. The quantitative estimate of drug-likeness (QED) is 0.845. The molecule has 0 atom stereocenters. The summed E-state index contributed by atoms with van der Waals surface area (Å²) in [6.07, 6.45) is 0. The Kier molecular flexibility index (Phi) is 2.74. The molecule has 2 aromatic rings. The summed E-state index contributed by atoms with van der Waals surface area (Å²) in [7, 11) is 3.95. The van der Waals surface area contributed by atoms with Crippen LogP contribution in [0.2, 0.25) is 0 Å². The predicted molar refractivity (Wildman–Crippen MR) is 69.7 cm³/mol. The van der Waals surface area contributed by atoms with Gasteiger partial charge in [-0.05, 0) is 46.0 Å². The van der Waals surface area contributed by atoms with Crippen molar-refractivity contribution >= 4 is 10.9 Å². The summed E-state index contributed by atoms with van der Waals surface area (Å²) >= 11 is 0.